The first kappa shape index (κ1) is 25.7. The van der Waals surface area contributed by atoms with Crippen LogP contribution in [0.3, 0.4) is 0 Å². The van der Waals surface area contributed by atoms with Gasteiger partial charge in [-0.25, -0.2) is 8.42 Å². The zero-order valence-electron chi connectivity index (χ0n) is 17.2. The molecule has 0 radical (unpaired) electrons. The van der Waals surface area contributed by atoms with Crippen LogP contribution in [0.4, 0.5) is 24.5 Å². The van der Waals surface area contributed by atoms with Gasteiger partial charge in [-0.2, -0.15) is 29.7 Å². The third-order valence-electron chi connectivity index (χ3n) is 4.17. The zero-order valence-corrected chi connectivity index (χ0v) is 18.8. The second-order valence-corrected chi connectivity index (χ2v) is 9.43. The third kappa shape index (κ3) is 7.53. The lowest BCUT2D eigenvalue weighted by Crippen LogP contribution is -2.44. The van der Waals surface area contributed by atoms with Crippen LogP contribution in [-0.2, 0) is 25.8 Å². The second-order valence-electron chi connectivity index (χ2n) is 6.73. The van der Waals surface area contributed by atoms with Crippen LogP contribution in [-0.4, -0.2) is 38.3 Å². The SMILES string of the molecule is CSCC[C@H](NS(=O)(=O)c1cccc(C(F)(F)F)c1)C(=O)Nc1ccc(NC(C)=O)cc1. The van der Waals surface area contributed by atoms with E-state index in [9.17, 15) is 31.2 Å². The van der Waals surface area contributed by atoms with Gasteiger partial charge in [-0.05, 0) is 60.9 Å². The van der Waals surface area contributed by atoms with Gasteiger partial charge in [0.15, 0.2) is 0 Å². The summed E-state index contributed by atoms with van der Waals surface area (Å²) in [6.45, 7) is 1.35. The maximum Gasteiger partial charge on any atom is 0.416 e. The van der Waals surface area contributed by atoms with E-state index in [1.54, 1.807) is 18.4 Å². The standard InChI is InChI=1S/C20H22F3N3O4S2/c1-13(27)24-15-6-8-16(9-7-15)25-19(28)18(10-11-31-2)26-32(29,30)17-5-3-4-14(12-17)20(21,22)23/h3-9,12,18,26H,10-11H2,1-2H3,(H,24,27)(H,25,28)/t18-/m0/s1. The molecule has 7 nitrogen and oxygen atoms in total. The molecule has 1 atom stereocenters. The third-order valence-corrected chi connectivity index (χ3v) is 6.28. The number of rotatable bonds is 9. The molecule has 0 bridgehead atoms. The Kier molecular flexibility index (Phi) is 8.70. The fraction of sp³-hybridized carbons (Fsp3) is 0.300. The molecule has 3 N–H and O–H groups in total. The first-order valence-corrected chi connectivity index (χ1v) is 12.2. The van der Waals surface area contributed by atoms with E-state index in [0.717, 1.165) is 18.2 Å². The highest BCUT2D eigenvalue weighted by Gasteiger charge is 2.32. The number of hydrogen-bond acceptors (Lipinski definition) is 5. The fourth-order valence-corrected chi connectivity index (χ4v) is 4.39. The van der Waals surface area contributed by atoms with E-state index in [-0.39, 0.29) is 12.3 Å². The van der Waals surface area contributed by atoms with Crippen LogP contribution < -0.4 is 15.4 Å². The summed E-state index contributed by atoms with van der Waals surface area (Å²) >= 11 is 1.39. The molecule has 32 heavy (non-hydrogen) atoms. The number of carbonyl (C=O) groups excluding carboxylic acids is 2. The number of benzene rings is 2. The summed E-state index contributed by atoms with van der Waals surface area (Å²) < 4.78 is 66.4. The quantitative estimate of drug-likeness (QED) is 0.498. The highest BCUT2D eigenvalue weighted by atomic mass is 32.2. The van der Waals surface area contributed by atoms with Gasteiger partial charge in [-0.3, -0.25) is 9.59 Å². The largest absolute Gasteiger partial charge is 0.416 e. The van der Waals surface area contributed by atoms with E-state index in [1.807, 2.05) is 0 Å². The molecular formula is C20H22F3N3O4S2. The Morgan fingerprint density at radius 3 is 2.16 bits per heavy atom. The number of amides is 2. The second kappa shape index (κ2) is 10.8. The number of thioether (sulfide) groups is 1. The Morgan fingerprint density at radius 2 is 1.62 bits per heavy atom. The molecule has 2 rings (SSSR count). The van der Waals surface area contributed by atoms with Gasteiger partial charge in [0.05, 0.1) is 10.5 Å². The van der Waals surface area contributed by atoms with Crippen LogP contribution >= 0.6 is 11.8 Å². The van der Waals surface area contributed by atoms with E-state index < -0.39 is 38.6 Å². The average molecular weight is 490 g/mol. The van der Waals surface area contributed by atoms with Crippen LogP contribution in [0.25, 0.3) is 0 Å². The Labute approximate surface area is 188 Å². The lowest BCUT2D eigenvalue weighted by atomic mass is 10.2. The summed E-state index contributed by atoms with van der Waals surface area (Å²) in [5, 5.41) is 5.15. The molecule has 0 fully saturated rings. The van der Waals surface area contributed by atoms with Crippen molar-refractivity contribution in [2.24, 2.45) is 0 Å². The maximum atomic E-state index is 12.9. The number of carbonyl (C=O) groups is 2. The number of sulfonamides is 1. The predicted molar refractivity (Wildman–Crippen MR) is 118 cm³/mol. The molecule has 0 aromatic heterocycles. The number of halogens is 3. The minimum atomic E-state index is -4.70. The number of hydrogen-bond donors (Lipinski definition) is 3. The topological polar surface area (TPSA) is 104 Å². The molecule has 0 aliphatic rings. The van der Waals surface area contributed by atoms with E-state index in [2.05, 4.69) is 15.4 Å². The molecular weight excluding hydrogens is 467 g/mol. The molecule has 2 amide bonds. The minimum Gasteiger partial charge on any atom is -0.326 e. The summed E-state index contributed by atoms with van der Waals surface area (Å²) in [5.74, 6) is -0.491. The van der Waals surface area contributed by atoms with Crippen molar-refractivity contribution in [1.29, 1.82) is 0 Å². The summed E-state index contributed by atoms with van der Waals surface area (Å²) in [5.41, 5.74) is -0.235. The van der Waals surface area contributed by atoms with Crippen LogP contribution in [0.5, 0.6) is 0 Å². The Balaban J connectivity index is 2.20. The normalized spacial score (nSPS) is 12.8. The highest BCUT2D eigenvalue weighted by molar-refractivity contribution is 7.98. The van der Waals surface area contributed by atoms with Crippen LogP contribution in [0.1, 0.15) is 18.9 Å². The van der Waals surface area contributed by atoms with Crippen molar-refractivity contribution >= 4 is 45.0 Å². The monoisotopic (exact) mass is 489 g/mol. The van der Waals surface area contributed by atoms with Gasteiger partial charge < -0.3 is 10.6 Å². The van der Waals surface area contributed by atoms with Gasteiger partial charge in [0.1, 0.15) is 6.04 Å². The lowest BCUT2D eigenvalue weighted by Gasteiger charge is -2.19. The van der Waals surface area contributed by atoms with E-state index in [0.29, 0.717) is 23.2 Å². The van der Waals surface area contributed by atoms with Gasteiger partial charge in [-0.15, -0.1) is 0 Å². The molecule has 0 aliphatic heterocycles. The van der Waals surface area contributed by atoms with Crippen molar-refractivity contribution in [3.63, 3.8) is 0 Å². The van der Waals surface area contributed by atoms with Crippen molar-refractivity contribution in [3.8, 4) is 0 Å². The first-order chi connectivity index (χ1) is 14.9. The van der Waals surface area contributed by atoms with Crippen molar-refractivity contribution in [2.45, 2.75) is 30.5 Å². The smallest absolute Gasteiger partial charge is 0.326 e. The van der Waals surface area contributed by atoms with Gasteiger partial charge in [0.2, 0.25) is 21.8 Å². The zero-order chi connectivity index (χ0) is 23.9. The summed E-state index contributed by atoms with van der Waals surface area (Å²) in [6.07, 6.45) is -2.81. The number of nitrogens with one attached hydrogen (secondary N) is 3. The minimum absolute atomic E-state index is 0.120. The molecule has 174 valence electrons. The molecule has 0 saturated heterocycles. The maximum absolute atomic E-state index is 12.9. The van der Waals surface area contributed by atoms with E-state index in [4.69, 9.17) is 0 Å². The van der Waals surface area contributed by atoms with E-state index >= 15 is 0 Å². The van der Waals surface area contributed by atoms with Crippen molar-refractivity contribution in [1.82, 2.24) is 4.72 Å². The predicted octanol–water partition coefficient (Wildman–Crippen LogP) is 3.70. The summed E-state index contributed by atoms with van der Waals surface area (Å²) in [6, 6.07) is 8.26. The highest BCUT2D eigenvalue weighted by Crippen LogP contribution is 2.30. The molecule has 2 aromatic carbocycles. The molecule has 2 aromatic rings. The molecule has 12 heteroatoms. The van der Waals surface area contributed by atoms with Gasteiger partial charge in [-0.1, -0.05) is 6.07 Å². The van der Waals surface area contributed by atoms with Crippen molar-refractivity contribution in [2.75, 3.05) is 22.6 Å². The Morgan fingerprint density at radius 1 is 1.03 bits per heavy atom. The molecule has 0 unspecified atom stereocenters. The van der Waals surface area contributed by atoms with Crippen LogP contribution in [0.2, 0.25) is 0 Å². The fourth-order valence-electron chi connectivity index (χ4n) is 2.64. The van der Waals surface area contributed by atoms with Crippen LogP contribution in [0, 0.1) is 0 Å². The van der Waals surface area contributed by atoms with Crippen molar-refractivity contribution < 1.29 is 31.2 Å². The first-order valence-electron chi connectivity index (χ1n) is 9.29. The summed E-state index contributed by atoms with van der Waals surface area (Å²) in [7, 11) is -4.40. The average Bonchev–Trinajstić information content (AvgIpc) is 2.71. The number of anilines is 2. The lowest BCUT2D eigenvalue weighted by molar-refractivity contribution is -0.137. The molecule has 0 saturated carbocycles. The van der Waals surface area contributed by atoms with Crippen molar-refractivity contribution in [3.05, 3.63) is 54.1 Å². The molecule has 0 aliphatic carbocycles. The van der Waals surface area contributed by atoms with Crippen LogP contribution in [0.15, 0.2) is 53.4 Å². The molecule has 0 spiro atoms. The van der Waals surface area contributed by atoms with Gasteiger partial charge in [0.25, 0.3) is 0 Å². The number of alkyl halides is 3. The Bertz CT molecular complexity index is 1060. The summed E-state index contributed by atoms with van der Waals surface area (Å²) in [4.78, 5) is 23.2. The Hall–Kier alpha value is -2.57. The molecule has 0 heterocycles. The van der Waals surface area contributed by atoms with Gasteiger partial charge in [0, 0.05) is 18.3 Å². The van der Waals surface area contributed by atoms with Gasteiger partial charge >= 0.3 is 6.18 Å². The van der Waals surface area contributed by atoms with E-state index in [1.165, 1.54) is 30.8 Å².